The quantitative estimate of drug-likeness (QED) is 0.835. The monoisotopic (exact) mass is 252 g/mol. The van der Waals surface area contributed by atoms with Crippen molar-refractivity contribution in [3.63, 3.8) is 0 Å². The molecule has 2 aromatic heterocycles. The first-order chi connectivity index (χ1) is 9.34. The third-order valence-corrected chi connectivity index (χ3v) is 5.75. The van der Waals surface area contributed by atoms with Crippen molar-refractivity contribution in [1.29, 1.82) is 0 Å². The van der Waals surface area contributed by atoms with Crippen LogP contribution in [0.5, 0.6) is 0 Å². The Labute approximate surface area is 111 Å². The number of aromatic amines is 1. The van der Waals surface area contributed by atoms with Crippen LogP contribution in [0.3, 0.4) is 0 Å². The average molecular weight is 252 g/mol. The van der Waals surface area contributed by atoms with Crippen LogP contribution in [0.1, 0.15) is 29.6 Å². The molecular weight excluding hydrogens is 236 g/mol. The molecule has 2 bridgehead atoms. The number of carbonyl (C=O) groups excluding carboxylic acids is 1. The summed E-state index contributed by atoms with van der Waals surface area (Å²) in [6.07, 6.45) is 7.75. The molecule has 0 saturated heterocycles. The van der Waals surface area contributed by atoms with Crippen molar-refractivity contribution in [2.45, 2.75) is 19.3 Å². The number of rotatable bonds is 2. The molecule has 3 saturated carbocycles. The number of aromatic nitrogens is 2. The lowest BCUT2D eigenvalue weighted by atomic mass is 9.96. The van der Waals surface area contributed by atoms with Gasteiger partial charge in [0.25, 0.3) is 0 Å². The van der Waals surface area contributed by atoms with Gasteiger partial charge in [0.05, 0.1) is 0 Å². The van der Waals surface area contributed by atoms with Gasteiger partial charge in [-0.3, -0.25) is 4.79 Å². The van der Waals surface area contributed by atoms with Crippen LogP contribution in [-0.4, -0.2) is 15.8 Å². The second-order valence-electron chi connectivity index (χ2n) is 6.48. The summed E-state index contributed by atoms with van der Waals surface area (Å²) in [5.41, 5.74) is 1.70. The van der Waals surface area contributed by atoms with Crippen LogP contribution >= 0.6 is 0 Å². The molecule has 2 aromatic rings. The maximum Gasteiger partial charge on any atom is 0.168 e. The topological polar surface area (TPSA) is 45.8 Å². The van der Waals surface area contributed by atoms with E-state index in [0.717, 1.165) is 28.4 Å². The third kappa shape index (κ3) is 1.18. The van der Waals surface area contributed by atoms with E-state index in [9.17, 15) is 4.79 Å². The van der Waals surface area contributed by atoms with Gasteiger partial charge >= 0.3 is 0 Å². The highest BCUT2D eigenvalue weighted by Crippen LogP contribution is 2.70. The van der Waals surface area contributed by atoms with E-state index in [1.54, 1.807) is 6.20 Å². The molecule has 0 spiro atoms. The number of carbonyl (C=O) groups is 1. The van der Waals surface area contributed by atoms with Gasteiger partial charge in [-0.15, -0.1) is 0 Å². The van der Waals surface area contributed by atoms with Crippen LogP contribution < -0.4 is 0 Å². The lowest BCUT2D eigenvalue weighted by Crippen LogP contribution is -2.09. The Bertz CT molecular complexity index is 673. The molecule has 5 rings (SSSR count). The zero-order valence-corrected chi connectivity index (χ0v) is 10.7. The Kier molecular flexibility index (Phi) is 1.75. The van der Waals surface area contributed by atoms with Gasteiger partial charge in [-0.1, -0.05) is 0 Å². The normalized spacial score (nSPS) is 38.6. The summed E-state index contributed by atoms with van der Waals surface area (Å²) in [4.78, 5) is 20.2. The van der Waals surface area contributed by atoms with E-state index in [4.69, 9.17) is 0 Å². The first kappa shape index (κ1) is 10.2. The fraction of sp³-hybridized carbons (Fsp3) is 0.500. The fourth-order valence-corrected chi connectivity index (χ4v) is 5.01. The molecule has 4 unspecified atom stereocenters. The van der Waals surface area contributed by atoms with Gasteiger partial charge in [0.2, 0.25) is 0 Å². The summed E-state index contributed by atoms with van der Waals surface area (Å²) in [7, 11) is 0. The minimum absolute atomic E-state index is 0.324. The Morgan fingerprint density at radius 2 is 2.05 bits per heavy atom. The highest BCUT2D eigenvalue weighted by atomic mass is 16.1. The standard InChI is InChI=1S/C16H16N2O/c19-15(11-7-18-16-10(11)2-1-5-17-16)14-12-8-3-4-9(6-8)13(12)14/h1-2,5,7-9,12-14H,3-4,6H2,(H,17,18). The molecule has 4 atom stereocenters. The molecule has 3 fully saturated rings. The van der Waals surface area contributed by atoms with Gasteiger partial charge in [-0.2, -0.15) is 0 Å². The average Bonchev–Trinajstić information content (AvgIpc) is 2.82. The number of ketones is 1. The first-order valence-electron chi connectivity index (χ1n) is 7.31. The molecule has 3 aliphatic carbocycles. The number of hydrogen-bond acceptors (Lipinski definition) is 2. The second kappa shape index (κ2) is 3.27. The minimum atomic E-state index is 0.324. The highest BCUT2D eigenvalue weighted by Gasteiger charge is 2.67. The summed E-state index contributed by atoms with van der Waals surface area (Å²) in [5.74, 6) is 3.83. The number of nitrogens with zero attached hydrogens (tertiary/aromatic N) is 1. The summed E-state index contributed by atoms with van der Waals surface area (Å²) < 4.78 is 0. The lowest BCUT2D eigenvalue weighted by molar-refractivity contribution is 0.0946. The third-order valence-electron chi connectivity index (χ3n) is 5.75. The molecule has 0 aliphatic heterocycles. The van der Waals surface area contributed by atoms with Crippen molar-refractivity contribution >= 4 is 16.8 Å². The molecule has 0 amide bonds. The second-order valence-corrected chi connectivity index (χ2v) is 6.48. The van der Waals surface area contributed by atoms with Crippen molar-refractivity contribution in [3.8, 4) is 0 Å². The smallest absolute Gasteiger partial charge is 0.168 e. The maximum atomic E-state index is 12.8. The first-order valence-corrected chi connectivity index (χ1v) is 7.31. The van der Waals surface area contributed by atoms with Crippen LogP contribution in [0, 0.1) is 29.6 Å². The fourth-order valence-electron chi connectivity index (χ4n) is 5.01. The van der Waals surface area contributed by atoms with Gasteiger partial charge in [-0.25, -0.2) is 4.98 Å². The summed E-state index contributed by atoms with van der Waals surface area (Å²) in [6, 6.07) is 3.91. The number of fused-ring (bicyclic) bond motifs is 6. The number of hydrogen-bond donors (Lipinski definition) is 1. The van der Waals surface area contributed by atoms with Crippen molar-refractivity contribution in [3.05, 3.63) is 30.1 Å². The van der Waals surface area contributed by atoms with Gasteiger partial charge in [0, 0.05) is 29.3 Å². The summed E-state index contributed by atoms with van der Waals surface area (Å²) >= 11 is 0. The minimum Gasteiger partial charge on any atom is -0.345 e. The number of pyridine rings is 1. The Morgan fingerprint density at radius 1 is 1.26 bits per heavy atom. The van der Waals surface area contributed by atoms with Crippen molar-refractivity contribution in [2.24, 2.45) is 29.6 Å². The molecule has 3 heteroatoms. The maximum absolute atomic E-state index is 12.8. The van der Waals surface area contributed by atoms with E-state index in [0.29, 0.717) is 23.5 Å². The van der Waals surface area contributed by atoms with Crippen LogP contribution in [-0.2, 0) is 0 Å². The number of H-pyrrole nitrogens is 1. The van der Waals surface area contributed by atoms with E-state index in [2.05, 4.69) is 9.97 Å². The van der Waals surface area contributed by atoms with E-state index < -0.39 is 0 Å². The Balaban J connectivity index is 1.53. The summed E-state index contributed by atoms with van der Waals surface area (Å²) in [6.45, 7) is 0. The lowest BCUT2D eigenvalue weighted by Gasteiger charge is -2.06. The van der Waals surface area contributed by atoms with E-state index in [-0.39, 0.29) is 0 Å². The Morgan fingerprint density at radius 3 is 2.84 bits per heavy atom. The van der Waals surface area contributed by atoms with E-state index in [1.807, 2.05) is 18.3 Å². The van der Waals surface area contributed by atoms with Crippen LogP contribution in [0.2, 0.25) is 0 Å². The number of nitrogens with one attached hydrogen (secondary N) is 1. The zero-order chi connectivity index (χ0) is 12.6. The molecule has 0 aromatic carbocycles. The molecule has 1 N–H and O–H groups in total. The van der Waals surface area contributed by atoms with Crippen molar-refractivity contribution < 1.29 is 4.79 Å². The largest absolute Gasteiger partial charge is 0.345 e. The highest BCUT2D eigenvalue weighted by molar-refractivity contribution is 6.09. The van der Waals surface area contributed by atoms with Crippen molar-refractivity contribution in [2.75, 3.05) is 0 Å². The van der Waals surface area contributed by atoms with E-state index in [1.165, 1.54) is 19.3 Å². The molecule has 3 aliphatic rings. The van der Waals surface area contributed by atoms with Gasteiger partial charge in [0.15, 0.2) is 5.78 Å². The SMILES string of the molecule is O=C(c1c[nH]c2ncccc12)C1C2C3CCC(C3)C12. The van der Waals surface area contributed by atoms with Crippen LogP contribution in [0.25, 0.3) is 11.0 Å². The Hall–Kier alpha value is -1.64. The number of Topliss-reactive ketones (excluding diaryl/α,β-unsaturated/α-hetero) is 1. The zero-order valence-electron chi connectivity index (χ0n) is 10.7. The van der Waals surface area contributed by atoms with Crippen LogP contribution in [0.15, 0.2) is 24.5 Å². The summed E-state index contributed by atoms with van der Waals surface area (Å²) in [5, 5.41) is 0.991. The van der Waals surface area contributed by atoms with Gasteiger partial charge in [-0.05, 0) is 55.1 Å². The molecule has 96 valence electrons. The molecular formula is C16H16N2O. The molecule has 3 nitrogen and oxygen atoms in total. The predicted octanol–water partition coefficient (Wildman–Crippen LogP) is 3.04. The van der Waals surface area contributed by atoms with E-state index >= 15 is 0 Å². The predicted molar refractivity (Wildman–Crippen MR) is 71.7 cm³/mol. The van der Waals surface area contributed by atoms with Crippen LogP contribution in [0.4, 0.5) is 0 Å². The molecule has 0 radical (unpaired) electrons. The van der Waals surface area contributed by atoms with Gasteiger partial charge in [0.1, 0.15) is 5.65 Å². The van der Waals surface area contributed by atoms with Crippen molar-refractivity contribution in [1.82, 2.24) is 9.97 Å². The molecule has 2 heterocycles. The molecule has 19 heavy (non-hydrogen) atoms. The van der Waals surface area contributed by atoms with Gasteiger partial charge < -0.3 is 4.98 Å².